The molecule has 1 aromatic heterocycles. The average Bonchev–Trinajstić information content (AvgIpc) is 3.06. The van der Waals surface area contributed by atoms with E-state index >= 15 is 0 Å². The van der Waals surface area contributed by atoms with E-state index in [1.807, 2.05) is 30.7 Å². The molecule has 2 unspecified atom stereocenters. The number of amides is 1. The average molecular weight is 269 g/mol. The van der Waals surface area contributed by atoms with Crippen LogP contribution in [0.5, 0.6) is 0 Å². The van der Waals surface area contributed by atoms with E-state index in [1.165, 1.54) is 5.56 Å². The summed E-state index contributed by atoms with van der Waals surface area (Å²) >= 11 is 0. The fourth-order valence-electron chi connectivity index (χ4n) is 2.98. The van der Waals surface area contributed by atoms with Gasteiger partial charge in [-0.3, -0.25) is 4.79 Å². The minimum Gasteiger partial charge on any atom is -0.352 e. The van der Waals surface area contributed by atoms with Crippen molar-refractivity contribution in [1.29, 1.82) is 0 Å². The summed E-state index contributed by atoms with van der Waals surface area (Å²) in [5.41, 5.74) is 2.42. The van der Waals surface area contributed by atoms with Gasteiger partial charge in [0.1, 0.15) is 0 Å². The van der Waals surface area contributed by atoms with Crippen LogP contribution in [-0.4, -0.2) is 21.5 Å². The van der Waals surface area contributed by atoms with Gasteiger partial charge in [0.15, 0.2) is 0 Å². The molecule has 4 heteroatoms. The zero-order chi connectivity index (χ0) is 13.9. The molecule has 2 atom stereocenters. The molecule has 4 nitrogen and oxygen atoms in total. The van der Waals surface area contributed by atoms with Crippen molar-refractivity contribution >= 4 is 5.91 Å². The second kappa shape index (κ2) is 5.49. The van der Waals surface area contributed by atoms with E-state index in [2.05, 4.69) is 33.9 Å². The zero-order valence-electron chi connectivity index (χ0n) is 11.6. The normalized spacial score (nSPS) is 21.9. The molecule has 1 aliphatic rings. The van der Waals surface area contributed by atoms with Crippen LogP contribution in [0.1, 0.15) is 30.5 Å². The summed E-state index contributed by atoms with van der Waals surface area (Å²) in [6, 6.07) is 10.5. The molecule has 104 valence electrons. The van der Waals surface area contributed by atoms with Gasteiger partial charge in [0.05, 0.1) is 6.33 Å². The summed E-state index contributed by atoms with van der Waals surface area (Å²) in [5.74, 6) is 0.352. The molecular weight excluding hydrogens is 250 g/mol. The van der Waals surface area contributed by atoms with Gasteiger partial charge in [-0.05, 0) is 18.9 Å². The number of hydrogen-bond donors (Lipinski definition) is 1. The van der Waals surface area contributed by atoms with E-state index in [9.17, 15) is 4.79 Å². The predicted octanol–water partition coefficient (Wildman–Crippen LogP) is 2.12. The van der Waals surface area contributed by atoms with Crippen LogP contribution >= 0.6 is 0 Å². The Bertz CT molecular complexity index is 591. The minimum atomic E-state index is 0.139. The van der Waals surface area contributed by atoms with Gasteiger partial charge < -0.3 is 9.88 Å². The van der Waals surface area contributed by atoms with Crippen molar-refractivity contribution in [2.75, 3.05) is 0 Å². The van der Waals surface area contributed by atoms with Crippen LogP contribution in [0.3, 0.4) is 0 Å². The van der Waals surface area contributed by atoms with Gasteiger partial charge in [0, 0.05) is 36.8 Å². The Balaban J connectivity index is 1.84. The monoisotopic (exact) mass is 269 g/mol. The molecule has 0 radical (unpaired) electrons. The van der Waals surface area contributed by atoms with Gasteiger partial charge in [-0.15, -0.1) is 0 Å². The maximum atomic E-state index is 11.8. The first-order chi connectivity index (χ1) is 9.78. The van der Waals surface area contributed by atoms with Crippen LogP contribution in [0.4, 0.5) is 0 Å². The Labute approximate surface area is 118 Å². The summed E-state index contributed by atoms with van der Waals surface area (Å²) < 4.78 is 2.13. The Morgan fingerprint density at radius 2 is 2.15 bits per heavy atom. The first-order valence-electron chi connectivity index (χ1n) is 7.11. The van der Waals surface area contributed by atoms with E-state index in [0.29, 0.717) is 6.42 Å². The number of carbonyl (C=O) groups is 1. The lowest BCUT2D eigenvalue weighted by Crippen LogP contribution is -2.31. The van der Waals surface area contributed by atoms with E-state index in [4.69, 9.17) is 0 Å². The van der Waals surface area contributed by atoms with Gasteiger partial charge in [-0.1, -0.05) is 30.3 Å². The number of imidazole rings is 1. The molecule has 1 aliphatic heterocycles. The van der Waals surface area contributed by atoms with Crippen molar-refractivity contribution in [3.8, 4) is 0 Å². The van der Waals surface area contributed by atoms with Crippen molar-refractivity contribution in [2.45, 2.75) is 38.3 Å². The van der Waals surface area contributed by atoms with Crippen LogP contribution in [0.2, 0.25) is 0 Å². The number of nitrogens with zero attached hydrogens (tertiary/aromatic N) is 2. The molecule has 0 spiro atoms. The van der Waals surface area contributed by atoms with E-state index < -0.39 is 0 Å². The summed E-state index contributed by atoms with van der Waals surface area (Å²) in [7, 11) is 0. The Morgan fingerprint density at radius 1 is 1.35 bits per heavy atom. The van der Waals surface area contributed by atoms with Crippen molar-refractivity contribution in [3.63, 3.8) is 0 Å². The van der Waals surface area contributed by atoms with Gasteiger partial charge >= 0.3 is 0 Å². The Kier molecular flexibility index (Phi) is 3.54. The summed E-state index contributed by atoms with van der Waals surface area (Å²) in [5, 5.41) is 3.11. The van der Waals surface area contributed by atoms with E-state index in [-0.39, 0.29) is 17.9 Å². The molecule has 20 heavy (non-hydrogen) atoms. The van der Waals surface area contributed by atoms with Crippen LogP contribution < -0.4 is 5.32 Å². The molecule has 2 heterocycles. The molecular formula is C16H19N3O. The third-order valence-corrected chi connectivity index (χ3v) is 4.00. The number of nitrogens with one attached hydrogen (secondary N) is 1. The van der Waals surface area contributed by atoms with Gasteiger partial charge in [0.2, 0.25) is 5.91 Å². The first-order valence-corrected chi connectivity index (χ1v) is 7.11. The summed E-state index contributed by atoms with van der Waals surface area (Å²) in [6.07, 6.45) is 5.17. The van der Waals surface area contributed by atoms with Crippen molar-refractivity contribution in [2.24, 2.45) is 0 Å². The van der Waals surface area contributed by atoms with Gasteiger partial charge in [0.25, 0.3) is 0 Å². The molecule has 0 aliphatic carbocycles. The van der Waals surface area contributed by atoms with Crippen LogP contribution in [0.15, 0.2) is 42.9 Å². The highest BCUT2D eigenvalue weighted by molar-refractivity contribution is 5.80. The predicted molar refractivity (Wildman–Crippen MR) is 77.3 cm³/mol. The van der Waals surface area contributed by atoms with E-state index in [0.717, 1.165) is 18.7 Å². The molecule has 1 N–H and O–H groups in total. The van der Waals surface area contributed by atoms with Crippen LogP contribution in [0, 0.1) is 0 Å². The third kappa shape index (κ3) is 2.46. The van der Waals surface area contributed by atoms with Crippen molar-refractivity contribution < 1.29 is 4.79 Å². The smallest absolute Gasteiger partial charge is 0.220 e. The number of aromatic nitrogens is 2. The molecule has 1 amide bonds. The highest BCUT2D eigenvalue weighted by Crippen LogP contribution is 2.30. The SMILES string of the molecule is CCn1cncc1C1CC(=O)NC1Cc1ccccc1. The molecule has 0 saturated carbocycles. The number of aryl methyl sites for hydroxylation is 1. The first kappa shape index (κ1) is 12.9. The lowest BCUT2D eigenvalue weighted by molar-refractivity contribution is -0.119. The highest BCUT2D eigenvalue weighted by Gasteiger charge is 2.35. The van der Waals surface area contributed by atoms with Crippen LogP contribution in [0.25, 0.3) is 0 Å². The Morgan fingerprint density at radius 3 is 2.90 bits per heavy atom. The number of benzene rings is 1. The maximum Gasteiger partial charge on any atom is 0.220 e. The quantitative estimate of drug-likeness (QED) is 0.924. The standard InChI is InChI=1S/C16H19N3O/c1-2-19-11-17-10-15(19)13-9-16(20)18-14(13)8-12-6-4-3-5-7-12/h3-7,10-11,13-14H,2,8-9H2,1H3,(H,18,20). The summed E-state index contributed by atoms with van der Waals surface area (Å²) in [4.78, 5) is 16.0. The fourth-order valence-corrected chi connectivity index (χ4v) is 2.98. The number of carbonyl (C=O) groups excluding carboxylic acids is 1. The van der Waals surface area contributed by atoms with Crippen molar-refractivity contribution in [1.82, 2.24) is 14.9 Å². The Hall–Kier alpha value is -2.10. The lowest BCUT2D eigenvalue weighted by Gasteiger charge is -2.20. The van der Waals surface area contributed by atoms with Crippen LogP contribution in [-0.2, 0) is 17.8 Å². The van der Waals surface area contributed by atoms with E-state index in [1.54, 1.807) is 0 Å². The van der Waals surface area contributed by atoms with Crippen molar-refractivity contribution in [3.05, 3.63) is 54.1 Å². The molecule has 1 saturated heterocycles. The third-order valence-electron chi connectivity index (χ3n) is 4.00. The van der Waals surface area contributed by atoms with Gasteiger partial charge in [-0.2, -0.15) is 0 Å². The second-order valence-corrected chi connectivity index (χ2v) is 5.28. The summed E-state index contributed by atoms with van der Waals surface area (Å²) in [6.45, 7) is 2.99. The molecule has 0 bridgehead atoms. The topological polar surface area (TPSA) is 46.9 Å². The van der Waals surface area contributed by atoms with Gasteiger partial charge in [-0.25, -0.2) is 4.98 Å². The number of rotatable bonds is 4. The minimum absolute atomic E-state index is 0.139. The maximum absolute atomic E-state index is 11.8. The largest absolute Gasteiger partial charge is 0.352 e. The molecule has 1 fully saturated rings. The fraction of sp³-hybridized carbons (Fsp3) is 0.375. The number of hydrogen-bond acceptors (Lipinski definition) is 2. The molecule has 3 rings (SSSR count). The highest BCUT2D eigenvalue weighted by atomic mass is 16.2. The molecule has 2 aromatic rings. The second-order valence-electron chi connectivity index (χ2n) is 5.28. The molecule has 1 aromatic carbocycles. The lowest BCUT2D eigenvalue weighted by atomic mass is 9.92. The zero-order valence-corrected chi connectivity index (χ0v) is 11.6.